The number of carboxylic acids is 1. The molecule has 0 fully saturated rings. The molecule has 0 bridgehead atoms. The summed E-state index contributed by atoms with van der Waals surface area (Å²) in [7, 11) is 0. The van der Waals surface area contributed by atoms with E-state index < -0.39 is 11.9 Å². The number of furan rings is 1. The van der Waals surface area contributed by atoms with Gasteiger partial charge in [0, 0.05) is 18.2 Å². The van der Waals surface area contributed by atoms with Crippen molar-refractivity contribution in [2.24, 2.45) is 0 Å². The van der Waals surface area contributed by atoms with E-state index >= 15 is 0 Å². The van der Waals surface area contributed by atoms with E-state index in [1.165, 1.54) is 18.2 Å². The summed E-state index contributed by atoms with van der Waals surface area (Å²) in [5.74, 6) is -0.640. The lowest BCUT2D eigenvalue weighted by atomic mass is 10.1. The van der Waals surface area contributed by atoms with Crippen molar-refractivity contribution in [1.82, 2.24) is 5.32 Å². The van der Waals surface area contributed by atoms with Gasteiger partial charge in [-0.1, -0.05) is 42.5 Å². The van der Waals surface area contributed by atoms with Crippen molar-refractivity contribution >= 4 is 18.0 Å². The Morgan fingerprint density at radius 2 is 1.75 bits per heavy atom. The van der Waals surface area contributed by atoms with Crippen molar-refractivity contribution in [3.05, 3.63) is 89.2 Å². The van der Waals surface area contributed by atoms with Gasteiger partial charge in [0.25, 0.3) is 5.91 Å². The zero-order valence-electron chi connectivity index (χ0n) is 14.8. The molecule has 2 N–H and O–H groups in total. The summed E-state index contributed by atoms with van der Waals surface area (Å²) in [6.45, 7) is 0.317. The molecule has 1 aromatic heterocycles. The van der Waals surface area contributed by atoms with E-state index in [1.807, 2.05) is 36.4 Å². The number of carboxylic acid groups (broad SMARTS) is 1. The van der Waals surface area contributed by atoms with Gasteiger partial charge in [0.05, 0.1) is 5.56 Å². The molecule has 1 heterocycles. The third kappa shape index (κ3) is 4.54. The van der Waals surface area contributed by atoms with Gasteiger partial charge >= 0.3 is 5.97 Å². The van der Waals surface area contributed by atoms with Crippen LogP contribution in [0.1, 0.15) is 21.7 Å². The predicted octanol–water partition coefficient (Wildman–Crippen LogP) is 3.87. The van der Waals surface area contributed by atoms with Crippen molar-refractivity contribution in [2.45, 2.75) is 6.54 Å². The molecule has 0 atom stereocenters. The number of nitriles is 1. The van der Waals surface area contributed by atoms with Gasteiger partial charge in [-0.25, -0.2) is 4.79 Å². The Bertz CT molecular complexity index is 1060. The van der Waals surface area contributed by atoms with Crippen molar-refractivity contribution < 1.29 is 19.1 Å². The van der Waals surface area contributed by atoms with Crippen LogP contribution in [0.5, 0.6) is 0 Å². The topological polar surface area (TPSA) is 103 Å². The molecule has 3 rings (SSSR count). The fourth-order valence-corrected chi connectivity index (χ4v) is 2.53. The van der Waals surface area contributed by atoms with Crippen LogP contribution < -0.4 is 5.32 Å². The van der Waals surface area contributed by atoms with Crippen LogP contribution in [0, 0.1) is 11.3 Å². The van der Waals surface area contributed by atoms with Gasteiger partial charge in [0.2, 0.25) is 0 Å². The normalized spacial score (nSPS) is 10.9. The largest absolute Gasteiger partial charge is 0.478 e. The number of benzene rings is 2. The van der Waals surface area contributed by atoms with Gasteiger partial charge < -0.3 is 14.8 Å². The summed E-state index contributed by atoms with van der Waals surface area (Å²) >= 11 is 0. The zero-order valence-corrected chi connectivity index (χ0v) is 14.8. The molecule has 2 aromatic carbocycles. The molecule has 3 aromatic rings. The third-order valence-electron chi connectivity index (χ3n) is 3.99. The van der Waals surface area contributed by atoms with Gasteiger partial charge in [-0.3, -0.25) is 4.79 Å². The smallest absolute Gasteiger partial charge is 0.335 e. The van der Waals surface area contributed by atoms with Gasteiger partial charge in [-0.15, -0.1) is 0 Å². The third-order valence-corrected chi connectivity index (χ3v) is 3.99. The first-order chi connectivity index (χ1) is 13.6. The SMILES string of the molecule is N#C/C(=C/c1ccc(-c2ccc(C(=O)O)cc2)o1)C(=O)NCc1ccccc1. The van der Waals surface area contributed by atoms with E-state index in [-0.39, 0.29) is 11.1 Å². The number of hydrogen-bond acceptors (Lipinski definition) is 4. The highest BCUT2D eigenvalue weighted by Gasteiger charge is 2.11. The van der Waals surface area contributed by atoms with Crippen LogP contribution in [0.15, 0.2) is 76.7 Å². The standard InChI is InChI=1S/C22H16N2O4/c23-13-18(21(25)24-14-15-4-2-1-3-5-15)12-19-10-11-20(28-19)16-6-8-17(9-7-16)22(26)27/h1-12H,14H2,(H,24,25)(H,26,27)/b18-12-. The fourth-order valence-electron chi connectivity index (χ4n) is 2.53. The number of nitrogens with zero attached hydrogens (tertiary/aromatic N) is 1. The van der Waals surface area contributed by atoms with Gasteiger partial charge in [-0.2, -0.15) is 5.26 Å². The molecule has 0 spiro atoms. The van der Waals surface area contributed by atoms with Crippen LogP contribution in [0.25, 0.3) is 17.4 Å². The number of hydrogen-bond donors (Lipinski definition) is 2. The molecule has 0 saturated heterocycles. The Morgan fingerprint density at radius 3 is 2.39 bits per heavy atom. The van der Waals surface area contributed by atoms with Crippen molar-refractivity contribution in [3.63, 3.8) is 0 Å². The van der Waals surface area contributed by atoms with E-state index in [4.69, 9.17) is 9.52 Å². The van der Waals surface area contributed by atoms with Crippen molar-refractivity contribution in [1.29, 1.82) is 5.26 Å². The molecular formula is C22H16N2O4. The molecule has 6 nitrogen and oxygen atoms in total. The summed E-state index contributed by atoms with van der Waals surface area (Å²) in [6.07, 6.45) is 1.37. The average Bonchev–Trinajstić information content (AvgIpc) is 3.19. The quantitative estimate of drug-likeness (QED) is 0.505. The highest BCUT2D eigenvalue weighted by atomic mass is 16.4. The van der Waals surface area contributed by atoms with Gasteiger partial charge in [-0.05, 0) is 29.8 Å². The molecule has 6 heteroatoms. The van der Waals surface area contributed by atoms with Crippen LogP contribution in [0.3, 0.4) is 0 Å². The van der Waals surface area contributed by atoms with Gasteiger partial charge in [0.15, 0.2) is 0 Å². The molecule has 0 aliphatic rings. The minimum atomic E-state index is -1.00. The van der Waals surface area contributed by atoms with E-state index in [0.717, 1.165) is 5.56 Å². The second-order valence-electron chi connectivity index (χ2n) is 5.92. The second kappa shape index (κ2) is 8.52. The maximum atomic E-state index is 12.2. The molecule has 28 heavy (non-hydrogen) atoms. The maximum absolute atomic E-state index is 12.2. The Labute approximate surface area is 161 Å². The summed E-state index contributed by atoms with van der Waals surface area (Å²) in [5, 5.41) is 20.9. The minimum Gasteiger partial charge on any atom is -0.478 e. The van der Waals surface area contributed by atoms with E-state index in [1.54, 1.807) is 24.3 Å². The average molecular weight is 372 g/mol. The number of carbonyl (C=O) groups excluding carboxylic acids is 1. The maximum Gasteiger partial charge on any atom is 0.335 e. The summed E-state index contributed by atoms with van der Waals surface area (Å²) in [6, 6.07) is 20.8. The number of carbonyl (C=O) groups is 2. The number of aromatic carboxylic acids is 1. The molecule has 138 valence electrons. The first-order valence-corrected chi connectivity index (χ1v) is 8.44. The van der Waals surface area contributed by atoms with Crippen LogP contribution in [0.2, 0.25) is 0 Å². The lowest BCUT2D eigenvalue weighted by Crippen LogP contribution is -2.23. The van der Waals surface area contributed by atoms with Crippen molar-refractivity contribution in [2.75, 3.05) is 0 Å². The number of nitrogens with one attached hydrogen (secondary N) is 1. The predicted molar refractivity (Wildman–Crippen MR) is 103 cm³/mol. The first-order valence-electron chi connectivity index (χ1n) is 8.44. The molecule has 1 amide bonds. The molecule has 0 unspecified atom stereocenters. The van der Waals surface area contributed by atoms with Crippen LogP contribution >= 0.6 is 0 Å². The fraction of sp³-hybridized carbons (Fsp3) is 0.0455. The Morgan fingerprint density at radius 1 is 1.04 bits per heavy atom. The highest BCUT2D eigenvalue weighted by Crippen LogP contribution is 2.24. The summed E-state index contributed by atoms with van der Waals surface area (Å²) in [4.78, 5) is 23.1. The molecule has 0 aliphatic carbocycles. The number of amides is 1. The summed E-state index contributed by atoms with van der Waals surface area (Å²) in [5.41, 5.74) is 1.73. The van der Waals surface area contributed by atoms with Gasteiger partial charge in [0.1, 0.15) is 23.2 Å². The molecule has 0 radical (unpaired) electrons. The Hall–Kier alpha value is -4.11. The van der Waals surface area contributed by atoms with E-state index in [0.29, 0.717) is 23.6 Å². The Kier molecular flexibility index (Phi) is 5.68. The summed E-state index contributed by atoms with van der Waals surface area (Å²) < 4.78 is 5.66. The van der Waals surface area contributed by atoms with Crippen LogP contribution in [0.4, 0.5) is 0 Å². The van der Waals surface area contributed by atoms with Crippen LogP contribution in [-0.2, 0) is 11.3 Å². The Balaban J connectivity index is 1.72. The minimum absolute atomic E-state index is 0.0712. The molecular weight excluding hydrogens is 356 g/mol. The van der Waals surface area contributed by atoms with E-state index in [2.05, 4.69) is 5.32 Å². The molecule has 0 aliphatic heterocycles. The lowest BCUT2D eigenvalue weighted by Gasteiger charge is -2.04. The number of rotatable bonds is 6. The van der Waals surface area contributed by atoms with Crippen molar-refractivity contribution in [3.8, 4) is 17.4 Å². The lowest BCUT2D eigenvalue weighted by molar-refractivity contribution is -0.117. The second-order valence-corrected chi connectivity index (χ2v) is 5.92. The first kappa shape index (κ1) is 18.7. The van der Waals surface area contributed by atoms with Crippen LogP contribution in [-0.4, -0.2) is 17.0 Å². The van der Waals surface area contributed by atoms with E-state index in [9.17, 15) is 14.9 Å². The zero-order chi connectivity index (χ0) is 19.9. The monoisotopic (exact) mass is 372 g/mol. The highest BCUT2D eigenvalue weighted by molar-refractivity contribution is 6.01. The molecule has 0 saturated carbocycles.